The molecule has 3 heteroatoms. The number of alkyl halides is 1. The van der Waals surface area contributed by atoms with Crippen LogP contribution in [0.4, 0.5) is 0 Å². The zero-order valence-corrected chi connectivity index (χ0v) is 10.8. The molecule has 0 aliphatic heterocycles. The maximum Gasteiger partial charge on any atom is 0.0933 e. The molecule has 74 valence electrons. The third kappa shape index (κ3) is 3.06. The van der Waals surface area contributed by atoms with Crippen molar-refractivity contribution in [1.82, 2.24) is 4.98 Å². The number of thiazole rings is 1. The molecule has 0 amide bonds. The Morgan fingerprint density at radius 3 is 2.69 bits per heavy atom. The van der Waals surface area contributed by atoms with E-state index in [-0.39, 0.29) is 0 Å². The fourth-order valence-electron chi connectivity index (χ4n) is 1.12. The van der Waals surface area contributed by atoms with Crippen LogP contribution in [0.1, 0.15) is 31.0 Å². The number of nitrogens with zero attached hydrogens (tertiary/aromatic N) is 1. The van der Waals surface area contributed by atoms with Gasteiger partial charge in [0, 0.05) is 22.8 Å². The average molecular weight is 262 g/mol. The quantitative estimate of drug-likeness (QED) is 0.752. The molecule has 1 unspecified atom stereocenters. The smallest absolute Gasteiger partial charge is 0.0933 e. The summed E-state index contributed by atoms with van der Waals surface area (Å²) in [6, 6.07) is 0. The lowest BCUT2D eigenvalue weighted by atomic mass is 9.87. The second-order valence-electron chi connectivity index (χ2n) is 3.86. The first-order chi connectivity index (χ1) is 6.09. The van der Waals surface area contributed by atoms with Gasteiger partial charge < -0.3 is 0 Å². The molecule has 0 spiro atoms. The Labute approximate surface area is 92.7 Å². The topological polar surface area (TPSA) is 12.9 Å². The SMILES string of the molecule is CCC(C)(CBr)Cc1nc(C)cs1. The van der Waals surface area contributed by atoms with E-state index in [9.17, 15) is 0 Å². The van der Waals surface area contributed by atoms with Crippen molar-refractivity contribution in [3.8, 4) is 0 Å². The molecule has 0 saturated carbocycles. The highest BCUT2D eigenvalue weighted by Crippen LogP contribution is 2.29. The second kappa shape index (κ2) is 4.56. The van der Waals surface area contributed by atoms with Crippen LogP contribution in [0.2, 0.25) is 0 Å². The van der Waals surface area contributed by atoms with Crippen molar-refractivity contribution in [1.29, 1.82) is 0 Å². The zero-order valence-electron chi connectivity index (χ0n) is 8.43. The van der Waals surface area contributed by atoms with E-state index in [0.717, 1.165) is 17.4 Å². The van der Waals surface area contributed by atoms with Crippen LogP contribution in [0, 0.1) is 12.3 Å². The van der Waals surface area contributed by atoms with Gasteiger partial charge >= 0.3 is 0 Å². The summed E-state index contributed by atoms with van der Waals surface area (Å²) in [5, 5.41) is 4.44. The first-order valence-electron chi connectivity index (χ1n) is 4.56. The number of hydrogen-bond acceptors (Lipinski definition) is 2. The maximum absolute atomic E-state index is 4.49. The monoisotopic (exact) mass is 261 g/mol. The molecule has 0 N–H and O–H groups in total. The maximum atomic E-state index is 4.49. The molecule has 1 aromatic rings. The van der Waals surface area contributed by atoms with E-state index < -0.39 is 0 Å². The Balaban J connectivity index is 2.67. The van der Waals surface area contributed by atoms with Gasteiger partial charge in [0.25, 0.3) is 0 Å². The van der Waals surface area contributed by atoms with E-state index in [1.807, 2.05) is 0 Å². The van der Waals surface area contributed by atoms with Gasteiger partial charge in [0.1, 0.15) is 0 Å². The Morgan fingerprint density at radius 2 is 2.31 bits per heavy atom. The van der Waals surface area contributed by atoms with E-state index in [0.29, 0.717) is 5.41 Å². The van der Waals surface area contributed by atoms with Gasteiger partial charge in [-0.2, -0.15) is 0 Å². The Morgan fingerprint density at radius 1 is 1.62 bits per heavy atom. The molecule has 1 aromatic heterocycles. The van der Waals surface area contributed by atoms with Gasteiger partial charge in [0.15, 0.2) is 0 Å². The second-order valence-corrected chi connectivity index (χ2v) is 5.36. The number of rotatable bonds is 4. The van der Waals surface area contributed by atoms with Gasteiger partial charge in [-0.1, -0.05) is 29.8 Å². The Bertz CT molecular complexity index is 266. The number of aryl methyl sites for hydroxylation is 1. The van der Waals surface area contributed by atoms with Crippen LogP contribution in [-0.4, -0.2) is 10.3 Å². The van der Waals surface area contributed by atoms with Crippen molar-refractivity contribution in [3.63, 3.8) is 0 Å². The molecular weight excluding hydrogens is 246 g/mol. The molecule has 0 aromatic carbocycles. The number of halogens is 1. The van der Waals surface area contributed by atoms with E-state index in [2.05, 4.69) is 47.1 Å². The summed E-state index contributed by atoms with van der Waals surface area (Å²) in [6.45, 7) is 6.59. The molecule has 1 atom stereocenters. The molecular formula is C10H16BrNS. The minimum Gasteiger partial charge on any atom is -0.247 e. The van der Waals surface area contributed by atoms with Gasteiger partial charge in [-0.05, 0) is 18.8 Å². The van der Waals surface area contributed by atoms with Gasteiger partial charge in [-0.15, -0.1) is 11.3 Å². The highest BCUT2D eigenvalue weighted by molar-refractivity contribution is 9.09. The largest absolute Gasteiger partial charge is 0.247 e. The molecule has 1 heterocycles. The highest BCUT2D eigenvalue weighted by Gasteiger charge is 2.22. The Kier molecular flexibility index (Phi) is 3.92. The van der Waals surface area contributed by atoms with Crippen LogP contribution in [-0.2, 0) is 6.42 Å². The molecule has 1 nitrogen and oxygen atoms in total. The van der Waals surface area contributed by atoms with Crippen molar-refractivity contribution < 1.29 is 0 Å². The van der Waals surface area contributed by atoms with Crippen LogP contribution in [0.5, 0.6) is 0 Å². The molecule has 0 radical (unpaired) electrons. The summed E-state index contributed by atoms with van der Waals surface area (Å²) in [4.78, 5) is 4.49. The first-order valence-corrected chi connectivity index (χ1v) is 6.57. The molecule has 0 saturated heterocycles. The lowest BCUT2D eigenvalue weighted by Crippen LogP contribution is -2.20. The van der Waals surface area contributed by atoms with Crippen LogP contribution < -0.4 is 0 Å². The minimum atomic E-state index is 0.365. The molecule has 13 heavy (non-hydrogen) atoms. The normalized spacial score (nSPS) is 15.7. The third-order valence-corrected chi connectivity index (χ3v) is 4.74. The van der Waals surface area contributed by atoms with Crippen molar-refractivity contribution in [2.75, 3.05) is 5.33 Å². The lowest BCUT2D eigenvalue weighted by Gasteiger charge is -2.24. The number of aromatic nitrogens is 1. The van der Waals surface area contributed by atoms with Gasteiger partial charge in [-0.3, -0.25) is 0 Å². The van der Waals surface area contributed by atoms with Crippen LogP contribution >= 0.6 is 27.3 Å². The van der Waals surface area contributed by atoms with E-state index in [1.165, 1.54) is 11.4 Å². The fourth-order valence-corrected chi connectivity index (χ4v) is 2.70. The average Bonchev–Trinajstić information content (AvgIpc) is 2.51. The summed E-state index contributed by atoms with van der Waals surface area (Å²) in [6.07, 6.45) is 2.28. The molecule has 1 rings (SSSR count). The van der Waals surface area contributed by atoms with Crippen LogP contribution in [0.25, 0.3) is 0 Å². The van der Waals surface area contributed by atoms with Crippen molar-refractivity contribution >= 4 is 27.3 Å². The van der Waals surface area contributed by atoms with Crippen LogP contribution in [0.15, 0.2) is 5.38 Å². The summed E-state index contributed by atoms with van der Waals surface area (Å²) in [5.74, 6) is 0. The first kappa shape index (κ1) is 11.2. The van der Waals surface area contributed by atoms with Crippen molar-refractivity contribution in [2.24, 2.45) is 5.41 Å². The van der Waals surface area contributed by atoms with Crippen molar-refractivity contribution in [3.05, 3.63) is 16.1 Å². The minimum absolute atomic E-state index is 0.365. The third-order valence-electron chi connectivity index (χ3n) is 2.42. The van der Waals surface area contributed by atoms with E-state index >= 15 is 0 Å². The van der Waals surface area contributed by atoms with Crippen molar-refractivity contribution in [2.45, 2.75) is 33.6 Å². The molecule has 0 fully saturated rings. The summed E-state index contributed by atoms with van der Waals surface area (Å²) < 4.78 is 0. The molecule has 0 bridgehead atoms. The zero-order chi connectivity index (χ0) is 9.90. The van der Waals surface area contributed by atoms with Crippen LogP contribution in [0.3, 0.4) is 0 Å². The highest BCUT2D eigenvalue weighted by atomic mass is 79.9. The summed E-state index contributed by atoms with van der Waals surface area (Å²) >= 11 is 5.35. The number of hydrogen-bond donors (Lipinski definition) is 0. The Hall–Kier alpha value is 0.110. The van der Waals surface area contributed by atoms with Gasteiger partial charge in [0.05, 0.1) is 5.01 Å². The predicted octanol–water partition coefficient (Wildman–Crippen LogP) is 3.81. The van der Waals surface area contributed by atoms with E-state index in [4.69, 9.17) is 0 Å². The summed E-state index contributed by atoms with van der Waals surface area (Å²) in [7, 11) is 0. The lowest BCUT2D eigenvalue weighted by molar-refractivity contribution is 0.361. The molecule has 0 aliphatic carbocycles. The van der Waals surface area contributed by atoms with Gasteiger partial charge in [-0.25, -0.2) is 4.98 Å². The fraction of sp³-hybridized carbons (Fsp3) is 0.700. The van der Waals surface area contributed by atoms with E-state index in [1.54, 1.807) is 11.3 Å². The predicted molar refractivity (Wildman–Crippen MR) is 62.7 cm³/mol. The van der Waals surface area contributed by atoms with Gasteiger partial charge in [0.2, 0.25) is 0 Å². The standard InChI is InChI=1S/C10H16BrNS/c1-4-10(3,7-11)5-9-12-8(2)6-13-9/h6H,4-5,7H2,1-3H3. The molecule has 0 aliphatic rings. The summed E-state index contributed by atoms with van der Waals surface area (Å²) in [5.41, 5.74) is 1.51.